The summed E-state index contributed by atoms with van der Waals surface area (Å²) < 4.78 is 1.95. The fraction of sp³-hybridized carbons (Fsp3) is 0.278. The number of aromatic nitrogens is 2. The second kappa shape index (κ2) is 6.10. The van der Waals surface area contributed by atoms with Crippen LogP contribution >= 0.6 is 0 Å². The average Bonchev–Trinajstić information content (AvgIpc) is 2.85. The Kier molecular flexibility index (Phi) is 4.02. The van der Waals surface area contributed by atoms with E-state index in [0.29, 0.717) is 0 Å². The first kappa shape index (κ1) is 13.8. The summed E-state index contributed by atoms with van der Waals surface area (Å²) in [6, 6.07) is 17.0. The quantitative estimate of drug-likeness (QED) is 0.775. The van der Waals surface area contributed by atoms with Gasteiger partial charge in [-0.25, -0.2) is 0 Å². The van der Waals surface area contributed by atoms with Crippen LogP contribution in [0.5, 0.6) is 0 Å². The lowest BCUT2D eigenvalue weighted by Gasteiger charge is -2.08. The van der Waals surface area contributed by atoms with Crippen LogP contribution < -0.4 is 5.32 Å². The third-order valence-corrected chi connectivity index (χ3v) is 3.94. The maximum absolute atomic E-state index is 4.62. The molecule has 0 atom stereocenters. The van der Waals surface area contributed by atoms with Crippen molar-refractivity contribution in [3.05, 3.63) is 65.4 Å². The van der Waals surface area contributed by atoms with E-state index in [-0.39, 0.29) is 0 Å². The summed E-state index contributed by atoms with van der Waals surface area (Å²) in [5, 5.41) is 9.37. The maximum Gasteiger partial charge on any atom is 0.0841 e. The zero-order chi connectivity index (χ0) is 14.7. The first-order valence-electron chi connectivity index (χ1n) is 7.47. The molecule has 3 heteroatoms. The van der Waals surface area contributed by atoms with Gasteiger partial charge in [-0.1, -0.05) is 49.4 Å². The van der Waals surface area contributed by atoms with E-state index in [0.717, 1.165) is 25.2 Å². The fourth-order valence-electron chi connectivity index (χ4n) is 2.81. The Morgan fingerprint density at radius 3 is 2.48 bits per heavy atom. The standard InChI is InChI=1S/C18H21N3/c1-3-14-8-4-5-9-15(14)12-19-13-17-16-10-6-7-11-18(16)21(2)20-17/h4-11,19H,3,12-13H2,1-2H3. The minimum atomic E-state index is 0.791. The van der Waals surface area contributed by atoms with Crippen LogP contribution in [0, 0.1) is 0 Å². The molecule has 1 heterocycles. The Labute approximate surface area is 125 Å². The number of benzene rings is 2. The average molecular weight is 279 g/mol. The van der Waals surface area contributed by atoms with Gasteiger partial charge in [0, 0.05) is 25.5 Å². The van der Waals surface area contributed by atoms with Gasteiger partial charge in [-0.3, -0.25) is 4.68 Å². The van der Waals surface area contributed by atoms with Crippen molar-refractivity contribution in [2.75, 3.05) is 0 Å². The van der Waals surface area contributed by atoms with Crippen molar-refractivity contribution in [2.24, 2.45) is 7.05 Å². The third kappa shape index (κ3) is 2.83. The number of hydrogen-bond acceptors (Lipinski definition) is 2. The lowest BCUT2D eigenvalue weighted by molar-refractivity contribution is 0.658. The number of fused-ring (bicyclic) bond motifs is 1. The van der Waals surface area contributed by atoms with E-state index in [9.17, 15) is 0 Å². The van der Waals surface area contributed by atoms with Crippen LogP contribution in [0.4, 0.5) is 0 Å². The van der Waals surface area contributed by atoms with Crippen LogP contribution in [0.3, 0.4) is 0 Å². The monoisotopic (exact) mass is 279 g/mol. The molecule has 21 heavy (non-hydrogen) atoms. The van der Waals surface area contributed by atoms with Gasteiger partial charge < -0.3 is 5.32 Å². The van der Waals surface area contributed by atoms with Crippen molar-refractivity contribution < 1.29 is 0 Å². The van der Waals surface area contributed by atoms with E-state index in [1.165, 1.54) is 22.0 Å². The molecular weight excluding hydrogens is 258 g/mol. The molecule has 0 aliphatic heterocycles. The van der Waals surface area contributed by atoms with Crippen LogP contribution in [0.2, 0.25) is 0 Å². The zero-order valence-electron chi connectivity index (χ0n) is 12.6. The van der Waals surface area contributed by atoms with E-state index < -0.39 is 0 Å². The summed E-state index contributed by atoms with van der Waals surface area (Å²) in [6.45, 7) is 3.87. The molecule has 1 N–H and O–H groups in total. The lowest BCUT2D eigenvalue weighted by Crippen LogP contribution is -2.14. The van der Waals surface area contributed by atoms with Crippen LogP contribution in [0.1, 0.15) is 23.7 Å². The van der Waals surface area contributed by atoms with E-state index in [1.54, 1.807) is 0 Å². The molecule has 3 rings (SSSR count). The van der Waals surface area contributed by atoms with Crippen molar-refractivity contribution >= 4 is 10.9 Å². The molecule has 108 valence electrons. The molecule has 0 spiro atoms. The van der Waals surface area contributed by atoms with Gasteiger partial charge in [-0.05, 0) is 23.6 Å². The van der Waals surface area contributed by atoms with Crippen LogP contribution in [-0.2, 0) is 26.6 Å². The van der Waals surface area contributed by atoms with E-state index in [1.807, 2.05) is 11.7 Å². The van der Waals surface area contributed by atoms with Gasteiger partial charge in [0.15, 0.2) is 0 Å². The smallest absolute Gasteiger partial charge is 0.0841 e. The fourth-order valence-corrected chi connectivity index (χ4v) is 2.81. The molecule has 0 unspecified atom stereocenters. The summed E-state index contributed by atoms with van der Waals surface area (Å²) in [6.07, 6.45) is 1.07. The molecule has 0 radical (unpaired) electrons. The Hall–Kier alpha value is -2.13. The number of nitrogens with zero attached hydrogens (tertiary/aromatic N) is 2. The van der Waals surface area contributed by atoms with Gasteiger partial charge in [-0.15, -0.1) is 0 Å². The van der Waals surface area contributed by atoms with Crippen LogP contribution in [0.15, 0.2) is 48.5 Å². The summed E-state index contributed by atoms with van der Waals surface area (Å²) in [5.74, 6) is 0. The molecule has 0 amide bonds. The highest BCUT2D eigenvalue weighted by atomic mass is 15.3. The molecule has 0 saturated heterocycles. The van der Waals surface area contributed by atoms with Gasteiger partial charge in [0.2, 0.25) is 0 Å². The molecular formula is C18H21N3. The molecule has 0 aliphatic rings. The van der Waals surface area contributed by atoms with Crippen molar-refractivity contribution in [1.82, 2.24) is 15.1 Å². The maximum atomic E-state index is 4.62. The Morgan fingerprint density at radius 1 is 0.952 bits per heavy atom. The molecule has 0 bridgehead atoms. The molecule has 3 aromatic rings. The first-order chi connectivity index (χ1) is 10.3. The Balaban J connectivity index is 1.72. The topological polar surface area (TPSA) is 29.9 Å². The number of rotatable bonds is 5. The molecule has 2 aromatic carbocycles. The predicted octanol–water partition coefficient (Wildman–Crippen LogP) is 3.43. The molecule has 3 nitrogen and oxygen atoms in total. The molecule has 0 saturated carbocycles. The summed E-state index contributed by atoms with van der Waals surface area (Å²) in [5.41, 5.74) is 5.08. The lowest BCUT2D eigenvalue weighted by atomic mass is 10.1. The van der Waals surface area contributed by atoms with Crippen molar-refractivity contribution in [1.29, 1.82) is 0 Å². The van der Waals surface area contributed by atoms with Crippen LogP contribution in [0.25, 0.3) is 10.9 Å². The zero-order valence-corrected chi connectivity index (χ0v) is 12.6. The van der Waals surface area contributed by atoms with Gasteiger partial charge >= 0.3 is 0 Å². The Morgan fingerprint density at radius 2 is 1.67 bits per heavy atom. The number of hydrogen-bond donors (Lipinski definition) is 1. The normalized spacial score (nSPS) is 11.1. The van der Waals surface area contributed by atoms with Gasteiger partial charge in [0.05, 0.1) is 11.2 Å². The van der Waals surface area contributed by atoms with E-state index >= 15 is 0 Å². The first-order valence-corrected chi connectivity index (χ1v) is 7.47. The van der Waals surface area contributed by atoms with Crippen LogP contribution in [-0.4, -0.2) is 9.78 Å². The highest BCUT2D eigenvalue weighted by Gasteiger charge is 2.07. The highest BCUT2D eigenvalue weighted by Crippen LogP contribution is 2.17. The number of aryl methyl sites for hydroxylation is 2. The Bertz CT molecular complexity index is 743. The summed E-state index contributed by atoms with van der Waals surface area (Å²) in [4.78, 5) is 0. The number of nitrogens with one attached hydrogen (secondary N) is 1. The largest absolute Gasteiger partial charge is 0.307 e. The SMILES string of the molecule is CCc1ccccc1CNCc1nn(C)c2ccccc12. The molecule has 1 aromatic heterocycles. The minimum Gasteiger partial charge on any atom is -0.307 e. The van der Waals surface area contributed by atoms with Gasteiger partial charge in [0.25, 0.3) is 0 Å². The second-order valence-corrected chi connectivity index (χ2v) is 5.31. The van der Waals surface area contributed by atoms with Gasteiger partial charge in [-0.2, -0.15) is 5.10 Å². The van der Waals surface area contributed by atoms with Crippen molar-refractivity contribution in [2.45, 2.75) is 26.4 Å². The predicted molar refractivity (Wildman–Crippen MR) is 87.1 cm³/mol. The van der Waals surface area contributed by atoms with E-state index in [2.05, 4.69) is 65.9 Å². The summed E-state index contributed by atoms with van der Waals surface area (Å²) in [7, 11) is 2.00. The van der Waals surface area contributed by atoms with E-state index in [4.69, 9.17) is 0 Å². The third-order valence-electron chi connectivity index (χ3n) is 3.94. The second-order valence-electron chi connectivity index (χ2n) is 5.31. The minimum absolute atomic E-state index is 0.791. The highest BCUT2D eigenvalue weighted by molar-refractivity contribution is 5.81. The van der Waals surface area contributed by atoms with Crippen molar-refractivity contribution in [3.63, 3.8) is 0 Å². The van der Waals surface area contributed by atoms with Gasteiger partial charge in [0.1, 0.15) is 0 Å². The summed E-state index contributed by atoms with van der Waals surface area (Å²) >= 11 is 0. The van der Waals surface area contributed by atoms with Crippen molar-refractivity contribution in [3.8, 4) is 0 Å². The number of para-hydroxylation sites is 1. The molecule has 0 aliphatic carbocycles. The molecule has 0 fully saturated rings.